The van der Waals surface area contributed by atoms with E-state index in [2.05, 4.69) is 59.0 Å². The summed E-state index contributed by atoms with van der Waals surface area (Å²) >= 11 is 3.44. The highest BCUT2D eigenvalue weighted by Crippen LogP contribution is 2.31. The number of nitrogens with zero attached hydrogens (tertiary/aromatic N) is 3. The van der Waals surface area contributed by atoms with Crippen LogP contribution in [0.25, 0.3) is 10.2 Å². The molecule has 6 heteroatoms. The number of nitrogens with one attached hydrogen (secondary N) is 1. The number of hydrogen-bond donors (Lipinski definition) is 1. The predicted octanol–water partition coefficient (Wildman–Crippen LogP) is 4.13. The van der Waals surface area contributed by atoms with Gasteiger partial charge in [-0.1, -0.05) is 0 Å². The van der Waals surface area contributed by atoms with E-state index in [1.54, 1.807) is 22.7 Å². The molecule has 0 fully saturated rings. The summed E-state index contributed by atoms with van der Waals surface area (Å²) in [6, 6.07) is 4.33. The Morgan fingerprint density at radius 2 is 2.19 bits per heavy atom. The molecule has 0 amide bonds. The summed E-state index contributed by atoms with van der Waals surface area (Å²) in [6.07, 6.45) is 0. The van der Waals surface area contributed by atoms with Crippen molar-refractivity contribution in [1.29, 1.82) is 0 Å². The van der Waals surface area contributed by atoms with Gasteiger partial charge in [0.05, 0.1) is 5.39 Å². The van der Waals surface area contributed by atoms with Crippen LogP contribution in [0.2, 0.25) is 0 Å². The fourth-order valence-electron chi connectivity index (χ4n) is 2.29. The Bertz CT molecular complexity index is 734. The highest BCUT2D eigenvalue weighted by atomic mass is 32.1. The van der Waals surface area contributed by atoms with E-state index in [0.717, 1.165) is 29.1 Å². The SMILES string of the molecule is CCNc1nc(N(C)Cc2ccsc2)c2cc(C)sc2n1. The monoisotopic (exact) mass is 318 g/mol. The van der Waals surface area contributed by atoms with Gasteiger partial charge in [0.1, 0.15) is 10.6 Å². The van der Waals surface area contributed by atoms with Crippen LogP contribution in [0.15, 0.2) is 22.9 Å². The van der Waals surface area contributed by atoms with Crippen LogP contribution >= 0.6 is 22.7 Å². The van der Waals surface area contributed by atoms with Gasteiger partial charge in [0.2, 0.25) is 5.95 Å². The molecule has 1 N–H and O–H groups in total. The van der Waals surface area contributed by atoms with Gasteiger partial charge in [0.15, 0.2) is 0 Å². The molecule has 3 aromatic heterocycles. The fourth-order valence-corrected chi connectivity index (χ4v) is 3.82. The van der Waals surface area contributed by atoms with Gasteiger partial charge < -0.3 is 10.2 Å². The van der Waals surface area contributed by atoms with Crippen molar-refractivity contribution in [3.05, 3.63) is 33.3 Å². The molecule has 3 aromatic rings. The minimum atomic E-state index is 0.707. The van der Waals surface area contributed by atoms with Gasteiger partial charge in [0, 0.05) is 25.0 Å². The van der Waals surface area contributed by atoms with Gasteiger partial charge in [-0.3, -0.25) is 0 Å². The molecule has 0 aliphatic carbocycles. The lowest BCUT2D eigenvalue weighted by atomic mass is 10.3. The second-order valence-electron chi connectivity index (χ2n) is 4.96. The number of anilines is 2. The summed E-state index contributed by atoms with van der Waals surface area (Å²) < 4.78 is 0. The van der Waals surface area contributed by atoms with Crippen LogP contribution < -0.4 is 10.2 Å². The molecule has 0 aliphatic heterocycles. The molecular weight excluding hydrogens is 300 g/mol. The van der Waals surface area contributed by atoms with Crippen molar-refractivity contribution in [2.24, 2.45) is 0 Å². The molecule has 21 heavy (non-hydrogen) atoms. The van der Waals surface area contributed by atoms with Crippen molar-refractivity contribution in [2.75, 3.05) is 23.8 Å². The number of rotatable bonds is 5. The molecule has 0 radical (unpaired) electrons. The van der Waals surface area contributed by atoms with Crippen LogP contribution in [-0.2, 0) is 6.54 Å². The van der Waals surface area contributed by atoms with Crippen LogP contribution in [0.3, 0.4) is 0 Å². The third kappa shape index (κ3) is 3.01. The summed E-state index contributed by atoms with van der Waals surface area (Å²) in [5.41, 5.74) is 1.31. The molecule has 0 saturated heterocycles. The zero-order valence-corrected chi connectivity index (χ0v) is 14.0. The molecule has 0 bridgehead atoms. The zero-order valence-electron chi connectivity index (χ0n) is 12.4. The van der Waals surface area contributed by atoms with Crippen molar-refractivity contribution < 1.29 is 0 Å². The average molecular weight is 318 g/mol. The van der Waals surface area contributed by atoms with Crippen molar-refractivity contribution in [3.63, 3.8) is 0 Å². The zero-order chi connectivity index (χ0) is 14.8. The maximum absolute atomic E-state index is 4.70. The van der Waals surface area contributed by atoms with E-state index < -0.39 is 0 Å². The van der Waals surface area contributed by atoms with E-state index in [1.807, 2.05) is 0 Å². The van der Waals surface area contributed by atoms with Crippen LogP contribution in [0.1, 0.15) is 17.4 Å². The third-order valence-electron chi connectivity index (χ3n) is 3.19. The minimum Gasteiger partial charge on any atom is -0.355 e. The van der Waals surface area contributed by atoms with Gasteiger partial charge in [-0.15, -0.1) is 11.3 Å². The number of aryl methyl sites for hydroxylation is 1. The van der Waals surface area contributed by atoms with E-state index in [0.29, 0.717) is 5.95 Å². The summed E-state index contributed by atoms with van der Waals surface area (Å²) in [7, 11) is 2.09. The number of hydrogen-bond acceptors (Lipinski definition) is 6. The van der Waals surface area contributed by atoms with Crippen LogP contribution in [0.4, 0.5) is 11.8 Å². The van der Waals surface area contributed by atoms with Gasteiger partial charge in [-0.05, 0) is 42.3 Å². The summed E-state index contributed by atoms with van der Waals surface area (Å²) in [5, 5.41) is 8.65. The first-order valence-corrected chi connectivity index (χ1v) is 8.67. The molecule has 3 rings (SSSR count). The minimum absolute atomic E-state index is 0.707. The standard InChI is InChI=1S/C15H18N4S2/c1-4-16-15-17-13(12-7-10(2)21-14(12)18-15)19(3)8-11-5-6-20-9-11/h5-7,9H,4,8H2,1-3H3,(H,16,17,18). The van der Waals surface area contributed by atoms with Crippen LogP contribution in [-0.4, -0.2) is 23.6 Å². The maximum Gasteiger partial charge on any atom is 0.226 e. The van der Waals surface area contributed by atoms with E-state index in [1.165, 1.54) is 10.4 Å². The lowest BCUT2D eigenvalue weighted by molar-refractivity contribution is 0.904. The van der Waals surface area contributed by atoms with Crippen molar-refractivity contribution >= 4 is 44.7 Å². The van der Waals surface area contributed by atoms with E-state index >= 15 is 0 Å². The number of fused-ring (bicyclic) bond motifs is 1. The third-order valence-corrected chi connectivity index (χ3v) is 4.87. The fraction of sp³-hybridized carbons (Fsp3) is 0.333. The Labute approximate surface area is 132 Å². The molecule has 0 unspecified atom stereocenters. The maximum atomic E-state index is 4.70. The molecule has 0 saturated carbocycles. The Morgan fingerprint density at radius 3 is 2.90 bits per heavy atom. The molecule has 0 aliphatic rings. The van der Waals surface area contributed by atoms with Gasteiger partial charge in [-0.2, -0.15) is 16.3 Å². The summed E-state index contributed by atoms with van der Waals surface area (Å²) in [4.78, 5) is 13.8. The van der Waals surface area contributed by atoms with E-state index in [-0.39, 0.29) is 0 Å². The Balaban J connectivity index is 2.01. The molecule has 4 nitrogen and oxygen atoms in total. The highest BCUT2D eigenvalue weighted by Gasteiger charge is 2.14. The van der Waals surface area contributed by atoms with Crippen molar-refractivity contribution in [1.82, 2.24) is 9.97 Å². The van der Waals surface area contributed by atoms with Crippen molar-refractivity contribution in [3.8, 4) is 0 Å². The molecular formula is C15H18N4S2. The Hall–Kier alpha value is -1.66. The van der Waals surface area contributed by atoms with Gasteiger partial charge in [-0.25, -0.2) is 4.98 Å². The topological polar surface area (TPSA) is 41.1 Å². The largest absolute Gasteiger partial charge is 0.355 e. The Kier molecular flexibility index (Phi) is 4.07. The average Bonchev–Trinajstić information content (AvgIpc) is 3.06. The molecule has 3 heterocycles. The second-order valence-corrected chi connectivity index (χ2v) is 6.98. The molecule has 0 spiro atoms. The lowest BCUT2D eigenvalue weighted by Crippen LogP contribution is -2.18. The normalized spacial score (nSPS) is 11.0. The van der Waals surface area contributed by atoms with Crippen LogP contribution in [0, 0.1) is 6.92 Å². The number of thiophene rings is 2. The van der Waals surface area contributed by atoms with Crippen molar-refractivity contribution in [2.45, 2.75) is 20.4 Å². The second kappa shape index (κ2) is 5.99. The van der Waals surface area contributed by atoms with Crippen LogP contribution in [0.5, 0.6) is 0 Å². The first kappa shape index (κ1) is 14.3. The lowest BCUT2D eigenvalue weighted by Gasteiger charge is -2.19. The highest BCUT2D eigenvalue weighted by molar-refractivity contribution is 7.18. The predicted molar refractivity (Wildman–Crippen MR) is 92.7 cm³/mol. The molecule has 0 atom stereocenters. The smallest absolute Gasteiger partial charge is 0.226 e. The van der Waals surface area contributed by atoms with Gasteiger partial charge in [0.25, 0.3) is 0 Å². The Morgan fingerprint density at radius 1 is 1.33 bits per heavy atom. The first-order valence-electron chi connectivity index (χ1n) is 6.91. The summed E-state index contributed by atoms with van der Waals surface area (Å²) in [5.74, 6) is 1.70. The molecule has 0 aromatic carbocycles. The number of aromatic nitrogens is 2. The van der Waals surface area contributed by atoms with Gasteiger partial charge >= 0.3 is 0 Å². The quantitative estimate of drug-likeness (QED) is 0.768. The van der Waals surface area contributed by atoms with E-state index in [9.17, 15) is 0 Å². The summed E-state index contributed by atoms with van der Waals surface area (Å²) in [6.45, 7) is 5.85. The first-order chi connectivity index (χ1) is 10.2. The van der Waals surface area contributed by atoms with E-state index in [4.69, 9.17) is 4.98 Å². The molecule has 110 valence electrons.